The molecule has 0 bridgehead atoms. The van der Waals surface area contributed by atoms with Crippen LogP contribution in [-0.2, 0) is 0 Å². The van der Waals surface area contributed by atoms with Gasteiger partial charge in [0.05, 0.1) is 0 Å². The summed E-state index contributed by atoms with van der Waals surface area (Å²) in [6, 6.07) is 11.0. The number of nitrogens with two attached hydrogens (primary N) is 1. The summed E-state index contributed by atoms with van der Waals surface area (Å²) < 4.78 is 0. The highest BCUT2D eigenvalue weighted by atomic mass is 16.2. The predicted molar refractivity (Wildman–Crippen MR) is 101 cm³/mol. The molecule has 0 aliphatic carbocycles. The Morgan fingerprint density at radius 3 is 2.58 bits per heavy atom. The Labute approximate surface area is 150 Å². The molecule has 0 fully saturated rings. The Morgan fingerprint density at radius 1 is 1.04 bits per heavy atom. The van der Waals surface area contributed by atoms with Gasteiger partial charge in [-0.1, -0.05) is 18.2 Å². The van der Waals surface area contributed by atoms with Gasteiger partial charge in [0.2, 0.25) is 0 Å². The van der Waals surface area contributed by atoms with Gasteiger partial charge in [0.1, 0.15) is 17.8 Å². The van der Waals surface area contributed by atoms with E-state index in [-0.39, 0.29) is 17.4 Å². The maximum absolute atomic E-state index is 12.3. The molecule has 0 unspecified atom stereocenters. The Morgan fingerprint density at radius 2 is 1.81 bits per heavy atom. The topological polar surface area (TPSA) is 118 Å². The summed E-state index contributed by atoms with van der Waals surface area (Å²) in [5.74, 6) is 1.02. The smallest absolute Gasteiger partial charge is 0.269 e. The average molecular weight is 349 g/mol. The lowest BCUT2D eigenvalue weighted by molar-refractivity contribution is 0.0962. The number of hydrogen-bond donors (Lipinski definition) is 4. The van der Waals surface area contributed by atoms with Crippen LogP contribution >= 0.6 is 0 Å². The quantitative estimate of drug-likeness (QED) is 0.523. The monoisotopic (exact) mass is 349 g/mol. The number of nitrogen functional groups attached to an aromatic ring is 1. The van der Waals surface area contributed by atoms with E-state index >= 15 is 0 Å². The number of anilines is 4. The number of carbonyl (C=O) groups is 1. The molecule has 132 valence electrons. The number of carbonyl (C=O) groups excluding carboxylic acids is 1. The fourth-order valence-electron chi connectivity index (χ4n) is 2.33. The van der Waals surface area contributed by atoms with Crippen LogP contribution in [0.2, 0.25) is 0 Å². The van der Waals surface area contributed by atoms with E-state index in [2.05, 4.69) is 31.1 Å². The number of aromatic nitrogens is 3. The van der Waals surface area contributed by atoms with E-state index in [1.54, 1.807) is 18.3 Å². The van der Waals surface area contributed by atoms with Gasteiger partial charge in [-0.3, -0.25) is 15.6 Å². The molecule has 8 nitrogen and oxygen atoms in total. The molecule has 0 saturated heterocycles. The minimum atomic E-state index is -0.282. The van der Waals surface area contributed by atoms with Crippen molar-refractivity contribution >= 4 is 29.0 Å². The third-order valence-corrected chi connectivity index (χ3v) is 3.73. The number of nitrogens with one attached hydrogen (secondary N) is 3. The first-order valence-electron chi connectivity index (χ1n) is 7.96. The maximum Gasteiger partial charge on any atom is 0.269 e. The lowest BCUT2D eigenvalue weighted by Crippen LogP contribution is -2.30. The highest BCUT2D eigenvalue weighted by Crippen LogP contribution is 2.24. The van der Waals surface area contributed by atoms with Crippen molar-refractivity contribution in [3.8, 4) is 0 Å². The van der Waals surface area contributed by atoms with E-state index in [1.807, 2.05) is 38.1 Å². The molecule has 0 aliphatic heterocycles. The standard InChI is InChI=1S/C18H19N7O/c1-11-7-8-20-14(9-11)23-16-15(19)17(22-10-21-16)24-25-18(26)13-6-4-3-5-12(13)2/h3-10H,19H2,1-2H3,(H,25,26)(H2,20,21,22,23,24). The molecule has 0 aliphatic rings. The number of hydrogen-bond acceptors (Lipinski definition) is 7. The Bertz CT molecular complexity index is 942. The van der Waals surface area contributed by atoms with Crippen LogP contribution in [0.15, 0.2) is 48.9 Å². The van der Waals surface area contributed by atoms with Gasteiger partial charge in [-0.05, 0) is 43.2 Å². The molecule has 3 rings (SSSR count). The molecule has 8 heteroatoms. The normalized spacial score (nSPS) is 10.2. The number of benzene rings is 1. The Hall–Kier alpha value is -3.68. The Balaban J connectivity index is 1.73. The lowest BCUT2D eigenvalue weighted by atomic mass is 10.1. The van der Waals surface area contributed by atoms with Crippen LogP contribution in [0.1, 0.15) is 21.5 Å². The van der Waals surface area contributed by atoms with Crippen LogP contribution in [0.4, 0.5) is 23.1 Å². The lowest BCUT2D eigenvalue weighted by Gasteiger charge is -2.13. The second-order valence-corrected chi connectivity index (χ2v) is 5.72. The van der Waals surface area contributed by atoms with Gasteiger partial charge in [-0.2, -0.15) is 0 Å². The first kappa shape index (κ1) is 17.2. The summed E-state index contributed by atoms with van der Waals surface area (Å²) in [6.45, 7) is 3.83. The fourth-order valence-corrected chi connectivity index (χ4v) is 2.33. The number of amides is 1. The van der Waals surface area contributed by atoms with Crippen LogP contribution in [0.5, 0.6) is 0 Å². The molecule has 2 aromatic heterocycles. The van der Waals surface area contributed by atoms with Gasteiger partial charge in [-0.15, -0.1) is 0 Å². The first-order chi connectivity index (χ1) is 12.5. The summed E-state index contributed by atoms with van der Waals surface area (Å²) in [6.07, 6.45) is 3.04. The van der Waals surface area contributed by atoms with Crippen LogP contribution < -0.4 is 21.9 Å². The molecule has 1 amide bonds. The molecule has 0 spiro atoms. The van der Waals surface area contributed by atoms with Crippen molar-refractivity contribution in [1.29, 1.82) is 0 Å². The van der Waals surface area contributed by atoms with Crippen molar-refractivity contribution in [2.45, 2.75) is 13.8 Å². The zero-order valence-electron chi connectivity index (χ0n) is 14.4. The predicted octanol–water partition coefficient (Wildman–Crippen LogP) is 2.57. The third-order valence-electron chi connectivity index (χ3n) is 3.73. The summed E-state index contributed by atoms with van der Waals surface area (Å²) in [5.41, 5.74) is 14.2. The van der Waals surface area contributed by atoms with E-state index in [0.717, 1.165) is 11.1 Å². The first-order valence-corrected chi connectivity index (χ1v) is 7.96. The molecular weight excluding hydrogens is 330 g/mol. The van der Waals surface area contributed by atoms with Crippen molar-refractivity contribution in [1.82, 2.24) is 20.4 Å². The minimum absolute atomic E-state index is 0.265. The van der Waals surface area contributed by atoms with Gasteiger partial charge >= 0.3 is 0 Å². The zero-order valence-corrected chi connectivity index (χ0v) is 14.4. The van der Waals surface area contributed by atoms with Gasteiger partial charge in [0.15, 0.2) is 11.6 Å². The van der Waals surface area contributed by atoms with Crippen molar-refractivity contribution in [2.75, 3.05) is 16.5 Å². The number of hydrazine groups is 1. The molecule has 26 heavy (non-hydrogen) atoms. The Kier molecular flexibility index (Phi) is 4.93. The van der Waals surface area contributed by atoms with Gasteiger partial charge in [-0.25, -0.2) is 15.0 Å². The third kappa shape index (κ3) is 3.86. The van der Waals surface area contributed by atoms with Crippen molar-refractivity contribution in [3.63, 3.8) is 0 Å². The van der Waals surface area contributed by atoms with Crippen LogP contribution in [0.3, 0.4) is 0 Å². The van der Waals surface area contributed by atoms with Crippen LogP contribution in [0, 0.1) is 13.8 Å². The highest BCUT2D eigenvalue weighted by Gasteiger charge is 2.12. The molecule has 2 heterocycles. The molecular formula is C18H19N7O. The van der Waals surface area contributed by atoms with Crippen molar-refractivity contribution in [2.24, 2.45) is 0 Å². The molecule has 1 aromatic carbocycles. The molecule has 5 N–H and O–H groups in total. The van der Waals surface area contributed by atoms with Gasteiger partial charge in [0, 0.05) is 11.8 Å². The second-order valence-electron chi connectivity index (χ2n) is 5.72. The summed E-state index contributed by atoms with van der Waals surface area (Å²) in [4.78, 5) is 24.7. The van der Waals surface area contributed by atoms with Crippen LogP contribution in [0.25, 0.3) is 0 Å². The van der Waals surface area contributed by atoms with E-state index < -0.39 is 0 Å². The fraction of sp³-hybridized carbons (Fsp3) is 0.111. The zero-order chi connectivity index (χ0) is 18.5. The highest BCUT2D eigenvalue weighted by molar-refractivity contribution is 5.96. The minimum Gasteiger partial charge on any atom is -0.393 e. The van der Waals surface area contributed by atoms with Crippen molar-refractivity contribution in [3.05, 3.63) is 65.6 Å². The van der Waals surface area contributed by atoms with Crippen LogP contribution in [-0.4, -0.2) is 20.9 Å². The van der Waals surface area contributed by atoms with Gasteiger partial charge in [0.25, 0.3) is 5.91 Å². The largest absolute Gasteiger partial charge is 0.393 e. The SMILES string of the molecule is Cc1ccnc(Nc2ncnc(NNC(=O)c3ccccc3C)c2N)c1. The molecule has 0 atom stereocenters. The maximum atomic E-state index is 12.3. The molecule has 3 aromatic rings. The number of aryl methyl sites for hydroxylation is 2. The second kappa shape index (κ2) is 7.47. The van der Waals surface area contributed by atoms with E-state index in [4.69, 9.17) is 5.73 Å². The van der Waals surface area contributed by atoms with Gasteiger partial charge < -0.3 is 11.1 Å². The average Bonchev–Trinajstić information content (AvgIpc) is 2.62. The van der Waals surface area contributed by atoms with E-state index in [9.17, 15) is 4.79 Å². The number of pyridine rings is 1. The molecule has 0 radical (unpaired) electrons. The number of rotatable bonds is 5. The van der Waals surface area contributed by atoms with Crippen molar-refractivity contribution < 1.29 is 4.79 Å². The van der Waals surface area contributed by atoms with E-state index in [0.29, 0.717) is 17.2 Å². The van der Waals surface area contributed by atoms with E-state index in [1.165, 1.54) is 6.33 Å². The summed E-state index contributed by atoms with van der Waals surface area (Å²) >= 11 is 0. The molecule has 0 saturated carbocycles. The number of nitrogens with zero attached hydrogens (tertiary/aromatic N) is 3. The summed E-state index contributed by atoms with van der Waals surface area (Å²) in [5, 5.41) is 3.04. The summed E-state index contributed by atoms with van der Waals surface area (Å²) in [7, 11) is 0.